The van der Waals surface area contributed by atoms with Gasteiger partial charge in [0.25, 0.3) is 0 Å². The first-order valence-electron chi connectivity index (χ1n) is 12.3. The van der Waals surface area contributed by atoms with Crippen molar-refractivity contribution in [3.05, 3.63) is 86.9 Å². The fourth-order valence-corrected chi connectivity index (χ4v) is 6.33. The first-order chi connectivity index (χ1) is 16.7. The number of carbonyl (C=O) groups excluding carboxylic acids is 1. The van der Waals surface area contributed by atoms with E-state index in [1.165, 1.54) is 70.3 Å². The van der Waals surface area contributed by atoms with Crippen molar-refractivity contribution < 1.29 is 9.53 Å². The summed E-state index contributed by atoms with van der Waals surface area (Å²) in [6.07, 6.45) is 14.6. The van der Waals surface area contributed by atoms with Crippen LogP contribution in [0, 0.1) is 0 Å². The standard InChI is InChI=1S/C29H32O3S2/c30-28(32-26-18-16-24(17-19-26)27-21-29(31)34-33-27)13-7-5-3-1-2-4-6-10-22-14-15-23-11-8-9-12-25(23)20-22/h8-9,11-12,14,16-19,21H,1-7,10,13,15,20H2. The lowest BCUT2D eigenvalue weighted by atomic mass is 9.89. The fraction of sp³-hybridized carbons (Fsp3) is 0.379. The molecular formula is C29H32O3S2. The van der Waals surface area contributed by atoms with E-state index in [-0.39, 0.29) is 10.7 Å². The van der Waals surface area contributed by atoms with Crippen molar-refractivity contribution in [1.82, 2.24) is 0 Å². The van der Waals surface area contributed by atoms with E-state index in [0.717, 1.165) is 36.1 Å². The zero-order valence-electron chi connectivity index (χ0n) is 19.6. The summed E-state index contributed by atoms with van der Waals surface area (Å²) in [5.74, 6) is 0.392. The summed E-state index contributed by atoms with van der Waals surface area (Å²) in [6, 6.07) is 17.8. The van der Waals surface area contributed by atoms with Crippen LogP contribution in [0.2, 0.25) is 0 Å². The lowest BCUT2D eigenvalue weighted by molar-refractivity contribution is -0.134. The number of benzene rings is 2. The summed E-state index contributed by atoms with van der Waals surface area (Å²) in [5.41, 5.74) is 5.58. The Labute approximate surface area is 209 Å². The topological polar surface area (TPSA) is 43.4 Å². The molecule has 0 atom stereocenters. The van der Waals surface area contributed by atoms with Crippen LogP contribution >= 0.6 is 20.7 Å². The number of fused-ring (bicyclic) bond motifs is 1. The molecule has 0 saturated heterocycles. The molecule has 2 aromatic carbocycles. The van der Waals surface area contributed by atoms with Gasteiger partial charge in [-0.25, -0.2) is 0 Å². The zero-order valence-corrected chi connectivity index (χ0v) is 21.2. The molecule has 4 rings (SSSR count). The van der Waals surface area contributed by atoms with Crippen LogP contribution in [0.1, 0.15) is 68.9 Å². The van der Waals surface area contributed by atoms with E-state index in [9.17, 15) is 9.59 Å². The van der Waals surface area contributed by atoms with Gasteiger partial charge in [0.2, 0.25) is 4.74 Å². The molecule has 0 radical (unpaired) electrons. The Balaban J connectivity index is 1.02. The van der Waals surface area contributed by atoms with E-state index >= 15 is 0 Å². The normalized spacial score (nSPS) is 12.8. The average Bonchev–Trinajstić information content (AvgIpc) is 3.29. The highest BCUT2D eigenvalue weighted by Crippen LogP contribution is 2.27. The molecule has 0 fully saturated rings. The van der Waals surface area contributed by atoms with E-state index in [2.05, 4.69) is 30.3 Å². The van der Waals surface area contributed by atoms with Crippen LogP contribution in [0.3, 0.4) is 0 Å². The second-order valence-electron chi connectivity index (χ2n) is 8.98. The smallest absolute Gasteiger partial charge is 0.311 e. The molecule has 34 heavy (non-hydrogen) atoms. The van der Waals surface area contributed by atoms with E-state index in [1.54, 1.807) is 23.8 Å². The molecule has 1 aromatic heterocycles. The molecule has 5 heteroatoms. The summed E-state index contributed by atoms with van der Waals surface area (Å²) < 4.78 is 5.52. The molecule has 0 N–H and O–H groups in total. The summed E-state index contributed by atoms with van der Waals surface area (Å²) in [4.78, 5) is 24.4. The number of esters is 1. The number of hydrogen-bond donors (Lipinski definition) is 0. The number of rotatable bonds is 12. The van der Waals surface area contributed by atoms with Crippen LogP contribution in [0.4, 0.5) is 0 Å². The van der Waals surface area contributed by atoms with Gasteiger partial charge in [-0.05, 0) is 83.4 Å². The van der Waals surface area contributed by atoms with Crippen molar-refractivity contribution in [2.75, 3.05) is 0 Å². The van der Waals surface area contributed by atoms with Gasteiger partial charge in [0.15, 0.2) is 0 Å². The molecule has 0 amide bonds. The van der Waals surface area contributed by atoms with Crippen molar-refractivity contribution in [3.8, 4) is 16.2 Å². The molecule has 0 aliphatic heterocycles. The molecular weight excluding hydrogens is 460 g/mol. The SMILES string of the molecule is O=C(CCCCCCCCCC1=CCc2ccccc2C1)Oc1ccc(-c2cc(=O)ss2)cc1. The average molecular weight is 493 g/mol. The maximum atomic E-state index is 12.1. The minimum absolute atomic E-state index is 0.0686. The van der Waals surface area contributed by atoms with Crippen molar-refractivity contribution >= 4 is 26.7 Å². The van der Waals surface area contributed by atoms with Crippen LogP contribution in [0.15, 0.2) is 71.0 Å². The summed E-state index contributed by atoms with van der Waals surface area (Å²) in [6.45, 7) is 0. The number of ether oxygens (including phenoxy) is 1. The summed E-state index contributed by atoms with van der Waals surface area (Å²) in [5, 5.41) is 0. The first-order valence-corrected chi connectivity index (χ1v) is 14.5. The lowest BCUT2D eigenvalue weighted by Gasteiger charge is -2.16. The second kappa shape index (κ2) is 12.8. The third-order valence-electron chi connectivity index (χ3n) is 6.36. The van der Waals surface area contributed by atoms with Gasteiger partial charge in [-0.3, -0.25) is 9.59 Å². The van der Waals surface area contributed by atoms with Gasteiger partial charge in [0.05, 0.1) is 0 Å². The van der Waals surface area contributed by atoms with Crippen LogP contribution in [0.25, 0.3) is 10.4 Å². The van der Waals surface area contributed by atoms with Crippen LogP contribution in [-0.2, 0) is 17.6 Å². The Hall–Kier alpha value is -2.50. The van der Waals surface area contributed by atoms with Gasteiger partial charge in [0, 0.05) is 17.4 Å². The van der Waals surface area contributed by atoms with E-state index < -0.39 is 0 Å². The van der Waals surface area contributed by atoms with E-state index in [0.29, 0.717) is 12.2 Å². The maximum absolute atomic E-state index is 12.1. The molecule has 0 spiro atoms. The van der Waals surface area contributed by atoms with Gasteiger partial charge < -0.3 is 4.74 Å². The molecule has 3 nitrogen and oxygen atoms in total. The third kappa shape index (κ3) is 7.51. The molecule has 0 unspecified atom stereocenters. The Bertz CT molecular complexity index is 1150. The summed E-state index contributed by atoms with van der Waals surface area (Å²) >= 11 is 0. The van der Waals surface area contributed by atoms with Crippen molar-refractivity contribution in [2.24, 2.45) is 0 Å². The molecule has 178 valence electrons. The van der Waals surface area contributed by atoms with E-state index in [4.69, 9.17) is 4.74 Å². The van der Waals surface area contributed by atoms with Crippen molar-refractivity contribution in [2.45, 2.75) is 70.6 Å². The minimum atomic E-state index is -0.171. The monoisotopic (exact) mass is 492 g/mol. The number of carbonyl (C=O) groups is 1. The Kier molecular flexibility index (Phi) is 9.28. The summed E-state index contributed by atoms with van der Waals surface area (Å²) in [7, 11) is 2.70. The quantitative estimate of drug-likeness (QED) is 0.0846. The van der Waals surface area contributed by atoms with Gasteiger partial charge in [0.1, 0.15) is 5.75 Å². The highest BCUT2D eigenvalue weighted by molar-refractivity contribution is 7.69. The molecule has 1 aliphatic carbocycles. The number of hydrogen-bond acceptors (Lipinski definition) is 5. The predicted octanol–water partition coefficient (Wildman–Crippen LogP) is 7.98. The third-order valence-corrected chi connectivity index (χ3v) is 8.54. The highest BCUT2D eigenvalue weighted by atomic mass is 32.9. The predicted molar refractivity (Wildman–Crippen MR) is 143 cm³/mol. The second-order valence-corrected chi connectivity index (χ2v) is 11.2. The molecule has 0 bridgehead atoms. The van der Waals surface area contributed by atoms with Gasteiger partial charge in [-0.15, -0.1) is 0 Å². The van der Waals surface area contributed by atoms with Gasteiger partial charge >= 0.3 is 5.97 Å². The molecule has 0 saturated carbocycles. The number of allylic oxidation sites excluding steroid dienone is 2. The van der Waals surface area contributed by atoms with Crippen LogP contribution in [0.5, 0.6) is 5.75 Å². The van der Waals surface area contributed by atoms with Gasteiger partial charge in [-0.2, -0.15) is 0 Å². The highest BCUT2D eigenvalue weighted by Gasteiger charge is 2.10. The molecule has 1 heterocycles. The van der Waals surface area contributed by atoms with E-state index in [1.807, 2.05) is 12.1 Å². The lowest BCUT2D eigenvalue weighted by Crippen LogP contribution is -2.07. The molecule has 1 aliphatic rings. The largest absolute Gasteiger partial charge is 0.427 e. The van der Waals surface area contributed by atoms with Crippen LogP contribution in [-0.4, -0.2) is 5.97 Å². The Morgan fingerprint density at radius 2 is 1.53 bits per heavy atom. The van der Waals surface area contributed by atoms with Gasteiger partial charge in [-0.1, -0.05) is 78.4 Å². The van der Waals surface area contributed by atoms with Crippen LogP contribution < -0.4 is 9.48 Å². The minimum Gasteiger partial charge on any atom is -0.427 e. The molecule has 3 aromatic rings. The Morgan fingerprint density at radius 1 is 0.824 bits per heavy atom. The van der Waals surface area contributed by atoms with Crippen molar-refractivity contribution in [3.63, 3.8) is 0 Å². The number of unbranched alkanes of at least 4 members (excludes halogenated alkanes) is 6. The Morgan fingerprint density at radius 3 is 2.26 bits per heavy atom. The first kappa shape index (κ1) is 24.6. The zero-order chi connectivity index (χ0) is 23.6. The van der Waals surface area contributed by atoms with Crippen molar-refractivity contribution in [1.29, 1.82) is 0 Å². The maximum Gasteiger partial charge on any atom is 0.311 e. The fourth-order valence-electron chi connectivity index (χ4n) is 4.44.